The van der Waals surface area contributed by atoms with E-state index in [1.807, 2.05) is 11.4 Å². The van der Waals surface area contributed by atoms with Crippen molar-refractivity contribution in [2.75, 3.05) is 4.72 Å². The molecule has 1 aliphatic rings. The van der Waals surface area contributed by atoms with E-state index < -0.39 is 10.0 Å². The SMILES string of the molecule is N#Cc1ccc(S(=O)(=O)Nc2nc(C3CC3)cs2)s1. The predicted octanol–water partition coefficient (Wildman–Crippen LogP) is 2.75. The second kappa shape index (κ2) is 4.59. The standard InChI is InChI=1S/C11H9N3O2S3/c12-5-8-3-4-10(18-8)19(15,16)14-11-13-9(6-17-11)7-1-2-7/h3-4,6-7H,1-2H2,(H,13,14). The van der Waals surface area contributed by atoms with E-state index in [1.54, 1.807) is 0 Å². The summed E-state index contributed by atoms with van der Waals surface area (Å²) in [5.41, 5.74) is 0.964. The summed E-state index contributed by atoms with van der Waals surface area (Å²) < 4.78 is 26.8. The topological polar surface area (TPSA) is 82.8 Å². The van der Waals surface area contributed by atoms with Gasteiger partial charge < -0.3 is 0 Å². The van der Waals surface area contributed by atoms with E-state index >= 15 is 0 Å². The molecular weight excluding hydrogens is 302 g/mol. The van der Waals surface area contributed by atoms with E-state index in [-0.39, 0.29) is 4.21 Å². The summed E-state index contributed by atoms with van der Waals surface area (Å²) in [6.07, 6.45) is 2.26. The number of thiazole rings is 1. The Balaban J connectivity index is 1.82. The first-order valence-corrected chi connectivity index (χ1v) is 8.74. The molecule has 1 N–H and O–H groups in total. The molecule has 0 atom stereocenters. The van der Waals surface area contributed by atoms with Crippen LogP contribution in [0.5, 0.6) is 0 Å². The molecular formula is C11H9N3O2S3. The van der Waals surface area contributed by atoms with Gasteiger partial charge in [-0.25, -0.2) is 13.4 Å². The highest BCUT2D eigenvalue weighted by atomic mass is 32.2. The smallest absolute Gasteiger partial charge is 0.254 e. The van der Waals surface area contributed by atoms with Gasteiger partial charge in [0.2, 0.25) is 0 Å². The van der Waals surface area contributed by atoms with E-state index in [9.17, 15) is 8.42 Å². The van der Waals surface area contributed by atoms with Gasteiger partial charge in [0.15, 0.2) is 5.13 Å². The molecule has 98 valence electrons. The van der Waals surface area contributed by atoms with Crippen molar-refractivity contribution in [1.82, 2.24) is 4.98 Å². The normalized spacial score (nSPS) is 15.1. The summed E-state index contributed by atoms with van der Waals surface area (Å²) in [7, 11) is -3.63. The number of thiophene rings is 1. The molecule has 0 amide bonds. The second-order valence-electron chi connectivity index (χ2n) is 4.19. The van der Waals surface area contributed by atoms with Crippen LogP contribution in [0.4, 0.5) is 5.13 Å². The number of nitrogens with zero attached hydrogens (tertiary/aromatic N) is 2. The van der Waals surface area contributed by atoms with Gasteiger partial charge in [0.05, 0.1) is 5.69 Å². The molecule has 2 heterocycles. The third kappa shape index (κ3) is 2.63. The largest absolute Gasteiger partial charge is 0.273 e. The Bertz CT molecular complexity index is 750. The van der Waals surface area contributed by atoms with E-state index in [0.29, 0.717) is 15.9 Å². The molecule has 0 unspecified atom stereocenters. The highest BCUT2D eigenvalue weighted by molar-refractivity contribution is 7.94. The molecule has 19 heavy (non-hydrogen) atoms. The van der Waals surface area contributed by atoms with Gasteiger partial charge in [-0.2, -0.15) is 5.26 Å². The first-order chi connectivity index (χ1) is 9.08. The molecule has 0 bridgehead atoms. The van der Waals surface area contributed by atoms with Crippen LogP contribution in [0.3, 0.4) is 0 Å². The number of rotatable bonds is 4. The van der Waals surface area contributed by atoms with Crippen molar-refractivity contribution < 1.29 is 8.42 Å². The van der Waals surface area contributed by atoms with Crippen LogP contribution in [0.1, 0.15) is 29.3 Å². The van der Waals surface area contributed by atoms with Gasteiger partial charge in [0.25, 0.3) is 10.0 Å². The fourth-order valence-corrected chi connectivity index (χ4v) is 4.74. The first kappa shape index (κ1) is 12.6. The molecule has 8 heteroatoms. The summed E-state index contributed by atoms with van der Waals surface area (Å²) in [4.78, 5) is 4.65. The second-order valence-corrected chi connectivity index (χ2v) is 8.04. The summed E-state index contributed by atoms with van der Waals surface area (Å²) in [5, 5.41) is 11.0. The number of nitrogens with one attached hydrogen (secondary N) is 1. The lowest BCUT2D eigenvalue weighted by molar-refractivity contribution is 0.603. The van der Waals surface area contributed by atoms with Crippen LogP contribution in [0.15, 0.2) is 21.7 Å². The van der Waals surface area contributed by atoms with Crippen LogP contribution in [0.2, 0.25) is 0 Å². The van der Waals surface area contributed by atoms with Crippen LogP contribution in [-0.4, -0.2) is 13.4 Å². The summed E-state index contributed by atoms with van der Waals surface area (Å²) in [5.74, 6) is 0.501. The summed E-state index contributed by atoms with van der Waals surface area (Å²) in [6.45, 7) is 0. The van der Waals surface area contributed by atoms with Crippen molar-refractivity contribution in [3.05, 3.63) is 28.1 Å². The molecule has 0 radical (unpaired) electrons. The van der Waals surface area contributed by atoms with E-state index in [0.717, 1.165) is 29.9 Å². The Morgan fingerprint density at radius 2 is 2.21 bits per heavy atom. The minimum absolute atomic E-state index is 0.132. The predicted molar refractivity (Wildman–Crippen MR) is 73.9 cm³/mol. The maximum atomic E-state index is 12.1. The molecule has 0 saturated heterocycles. The molecule has 1 fully saturated rings. The zero-order valence-corrected chi connectivity index (χ0v) is 12.1. The van der Waals surface area contributed by atoms with Gasteiger partial charge in [-0.1, -0.05) is 0 Å². The third-order valence-corrected chi connectivity index (χ3v) is 6.42. The van der Waals surface area contributed by atoms with Gasteiger partial charge in [-0.3, -0.25) is 4.72 Å². The Morgan fingerprint density at radius 1 is 1.42 bits per heavy atom. The fraction of sp³-hybridized carbons (Fsp3) is 0.273. The Hall–Kier alpha value is -1.43. The minimum Gasteiger partial charge on any atom is -0.254 e. The van der Waals surface area contributed by atoms with Gasteiger partial charge in [-0.05, 0) is 25.0 Å². The highest BCUT2D eigenvalue weighted by Gasteiger charge is 2.27. The van der Waals surface area contributed by atoms with Crippen molar-refractivity contribution in [1.29, 1.82) is 5.26 Å². The van der Waals surface area contributed by atoms with Gasteiger partial charge >= 0.3 is 0 Å². The fourth-order valence-electron chi connectivity index (χ4n) is 1.59. The molecule has 0 aliphatic heterocycles. The zero-order chi connectivity index (χ0) is 13.5. The van der Waals surface area contributed by atoms with Crippen molar-refractivity contribution in [3.8, 4) is 6.07 Å². The maximum absolute atomic E-state index is 12.1. The Kier molecular flexibility index (Phi) is 3.05. The summed E-state index contributed by atoms with van der Waals surface area (Å²) in [6, 6.07) is 4.85. The van der Waals surface area contributed by atoms with E-state index in [1.165, 1.54) is 23.5 Å². The monoisotopic (exact) mass is 311 g/mol. The van der Waals surface area contributed by atoms with Gasteiger partial charge in [-0.15, -0.1) is 22.7 Å². The Labute approximate surface area is 118 Å². The van der Waals surface area contributed by atoms with Crippen LogP contribution < -0.4 is 4.72 Å². The van der Waals surface area contributed by atoms with E-state index in [2.05, 4.69) is 9.71 Å². The zero-order valence-electron chi connectivity index (χ0n) is 9.66. The van der Waals surface area contributed by atoms with Crippen molar-refractivity contribution in [2.45, 2.75) is 23.0 Å². The van der Waals surface area contributed by atoms with Crippen molar-refractivity contribution in [2.24, 2.45) is 0 Å². The molecule has 2 aromatic rings. The quantitative estimate of drug-likeness (QED) is 0.941. The number of aromatic nitrogens is 1. The Morgan fingerprint density at radius 3 is 2.84 bits per heavy atom. The van der Waals surface area contributed by atoms with Crippen LogP contribution >= 0.6 is 22.7 Å². The molecule has 0 spiro atoms. The first-order valence-electron chi connectivity index (χ1n) is 5.57. The average molecular weight is 311 g/mol. The molecule has 3 rings (SSSR count). The van der Waals surface area contributed by atoms with Crippen molar-refractivity contribution in [3.63, 3.8) is 0 Å². The van der Waals surface area contributed by atoms with Crippen LogP contribution in [0.25, 0.3) is 0 Å². The van der Waals surface area contributed by atoms with Crippen LogP contribution in [0, 0.1) is 11.3 Å². The molecule has 1 saturated carbocycles. The lowest BCUT2D eigenvalue weighted by Gasteiger charge is -2.01. The van der Waals surface area contributed by atoms with Crippen molar-refractivity contribution >= 4 is 37.8 Å². The van der Waals surface area contributed by atoms with Gasteiger partial charge in [0.1, 0.15) is 15.2 Å². The number of hydrogen-bond acceptors (Lipinski definition) is 6. The molecule has 1 aliphatic carbocycles. The van der Waals surface area contributed by atoms with Gasteiger partial charge in [0, 0.05) is 11.3 Å². The number of nitriles is 1. The molecule has 2 aromatic heterocycles. The lowest BCUT2D eigenvalue weighted by atomic mass is 10.3. The number of sulfonamides is 1. The maximum Gasteiger partial charge on any atom is 0.273 e. The van der Waals surface area contributed by atoms with E-state index in [4.69, 9.17) is 5.26 Å². The number of hydrogen-bond donors (Lipinski definition) is 1. The lowest BCUT2D eigenvalue weighted by Crippen LogP contribution is -2.11. The van der Waals surface area contributed by atoms with Crippen LogP contribution in [-0.2, 0) is 10.0 Å². The highest BCUT2D eigenvalue weighted by Crippen LogP contribution is 2.41. The molecule has 0 aromatic carbocycles. The summed E-state index contributed by atoms with van der Waals surface area (Å²) >= 11 is 2.24. The number of anilines is 1. The third-order valence-electron chi connectivity index (χ3n) is 2.70. The molecule has 5 nitrogen and oxygen atoms in total. The average Bonchev–Trinajstić information content (AvgIpc) is 2.92. The minimum atomic E-state index is -3.63.